The molecule has 3 nitrogen and oxygen atoms in total. The fourth-order valence-corrected chi connectivity index (χ4v) is 2.97. The maximum Gasteiger partial charge on any atom is 0.222 e. The zero-order valence-corrected chi connectivity index (χ0v) is 14.8. The van der Waals surface area contributed by atoms with Gasteiger partial charge < -0.3 is 10.2 Å². The van der Waals surface area contributed by atoms with Crippen molar-refractivity contribution in [2.75, 3.05) is 19.6 Å². The number of benzene rings is 1. The summed E-state index contributed by atoms with van der Waals surface area (Å²) in [4.78, 5) is 14.3. The van der Waals surface area contributed by atoms with Gasteiger partial charge in [-0.1, -0.05) is 23.7 Å². The number of carbonyl (C=O) groups excluding carboxylic acids is 1. The number of hydrogen-bond donors (Lipinski definition) is 1. The molecule has 2 rings (SSSR count). The molecule has 0 spiro atoms. The van der Waals surface area contributed by atoms with Crippen LogP contribution in [0.15, 0.2) is 24.3 Å². The van der Waals surface area contributed by atoms with E-state index in [4.69, 9.17) is 11.6 Å². The van der Waals surface area contributed by atoms with Crippen molar-refractivity contribution >= 4 is 29.9 Å². The molecule has 0 saturated carbocycles. The lowest BCUT2D eigenvalue weighted by Gasteiger charge is -2.25. The van der Waals surface area contributed by atoms with Gasteiger partial charge in [0.25, 0.3) is 0 Å². The molecule has 0 aliphatic carbocycles. The summed E-state index contributed by atoms with van der Waals surface area (Å²) >= 11 is 5.89. The molecule has 1 N–H and O–H groups in total. The molecule has 22 heavy (non-hydrogen) atoms. The Labute approximate surface area is 144 Å². The van der Waals surface area contributed by atoms with Crippen LogP contribution in [0.25, 0.3) is 0 Å². The lowest BCUT2D eigenvalue weighted by Crippen LogP contribution is -2.32. The molecule has 0 radical (unpaired) electrons. The van der Waals surface area contributed by atoms with E-state index in [1.54, 1.807) is 0 Å². The van der Waals surface area contributed by atoms with Crippen LogP contribution in [0.1, 0.15) is 38.2 Å². The molecule has 1 fully saturated rings. The van der Waals surface area contributed by atoms with Crippen LogP contribution in [0.4, 0.5) is 0 Å². The van der Waals surface area contributed by atoms with Crippen molar-refractivity contribution < 1.29 is 4.79 Å². The molecule has 0 unspecified atom stereocenters. The largest absolute Gasteiger partial charge is 0.339 e. The van der Waals surface area contributed by atoms with Gasteiger partial charge in [-0.05, 0) is 62.9 Å². The van der Waals surface area contributed by atoms with Gasteiger partial charge in [-0.3, -0.25) is 4.79 Å². The number of nitrogens with zero attached hydrogens (tertiary/aromatic N) is 1. The predicted molar refractivity (Wildman–Crippen MR) is 94.6 cm³/mol. The number of rotatable bonds is 6. The Morgan fingerprint density at radius 3 is 2.50 bits per heavy atom. The molecule has 5 heteroatoms. The van der Waals surface area contributed by atoms with E-state index in [1.807, 2.05) is 36.1 Å². The molecular formula is C17H26Cl2N2O. The third kappa shape index (κ3) is 6.15. The SMILES string of the molecule is CCN(Cc1ccc(Cl)cc1)C(=O)CCC1CCNCC1.Cl. The Bertz CT molecular complexity index is 444. The zero-order valence-electron chi connectivity index (χ0n) is 13.2. The number of piperidine rings is 1. The maximum atomic E-state index is 12.4. The van der Waals surface area contributed by atoms with E-state index in [1.165, 1.54) is 12.8 Å². The third-order valence-corrected chi connectivity index (χ3v) is 4.50. The van der Waals surface area contributed by atoms with E-state index in [0.29, 0.717) is 18.9 Å². The van der Waals surface area contributed by atoms with Crippen molar-refractivity contribution in [1.29, 1.82) is 0 Å². The first kappa shape index (κ1) is 19.3. The molecular weight excluding hydrogens is 319 g/mol. The van der Waals surface area contributed by atoms with E-state index in [2.05, 4.69) is 5.32 Å². The van der Waals surface area contributed by atoms with Crippen LogP contribution in [-0.4, -0.2) is 30.4 Å². The van der Waals surface area contributed by atoms with Gasteiger partial charge in [0.15, 0.2) is 0 Å². The van der Waals surface area contributed by atoms with Crippen LogP contribution in [0.5, 0.6) is 0 Å². The summed E-state index contributed by atoms with van der Waals surface area (Å²) in [5.74, 6) is 0.982. The highest BCUT2D eigenvalue weighted by Gasteiger charge is 2.17. The second-order valence-corrected chi connectivity index (χ2v) is 6.20. The molecule has 1 aliphatic heterocycles. The third-order valence-electron chi connectivity index (χ3n) is 4.25. The Hall–Kier alpha value is -0.770. The van der Waals surface area contributed by atoms with E-state index in [-0.39, 0.29) is 18.3 Å². The molecule has 1 heterocycles. The average molecular weight is 345 g/mol. The minimum Gasteiger partial charge on any atom is -0.339 e. The number of hydrogen-bond acceptors (Lipinski definition) is 2. The van der Waals surface area contributed by atoms with E-state index >= 15 is 0 Å². The fraction of sp³-hybridized carbons (Fsp3) is 0.588. The average Bonchev–Trinajstić information content (AvgIpc) is 2.53. The molecule has 0 bridgehead atoms. The van der Waals surface area contributed by atoms with Gasteiger partial charge in [-0.2, -0.15) is 0 Å². The molecule has 0 aromatic heterocycles. The minimum absolute atomic E-state index is 0. The Kier molecular flexibility index (Phi) is 8.84. The first-order valence-electron chi connectivity index (χ1n) is 7.92. The van der Waals surface area contributed by atoms with Crippen LogP contribution in [-0.2, 0) is 11.3 Å². The number of nitrogens with one attached hydrogen (secondary N) is 1. The summed E-state index contributed by atoms with van der Waals surface area (Å²) in [7, 11) is 0. The van der Waals surface area contributed by atoms with Crippen LogP contribution in [0.3, 0.4) is 0 Å². The second kappa shape index (κ2) is 10.1. The summed E-state index contributed by atoms with van der Waals surface area (Å²) in [6, 6.07) is 7.74. The minimum atomic E-state index is 0. The van der Waals surface area contributed by atoms with Gasteiger partial charge in [-0.25, -0.2) is 0 Å². The maximum absolute atomic E-state index is 12.4. The summed E-state index contributed by atoms with van der Waals surface area (Å²) in [6.45, 7) is 5.67. The smallest absolute Gasteiger partial charge is 0.222 e. The van der Waals surface area contributed by atoms with E-state index in [0.717, 1.165) is 36.6 Å². The van der Waals surface area contributed by atoms with Crippen LogP contribution in [0, 0.1) is 5.92 Å². The van der Waals surface area contributed by atoms with Crippen LogP contribution in [0.2, 0.25) is 5.02 Å². The highest BCUT2D eigenvalue weighted by molar-refractivity contribution is 6.30. The first-order valence-corrected chi connectivity index (χ1v) is 8.29. The van der Waals surface area contributed by atoms with Crippen molar-refractivity contribution in [3.8, 4) is 0 Å². The van der Waals surface area contributed by atoms with Gasteiger partial charge in [0.05, 0.1) is 0 Å². The van der Waals surface area contributed by atoms with Gasteiger partial charge in [0, 0.05) is 24.5 Å². The van der Waals surface area contributed by atoms with Crippen LogP contribution >= 0.6 is 24.0 Å². The lowest BCUT2D eigenvalue weighted by atomic mass is 9.93. The summed E-state index contributed by atoms with van der Waals surface area (Å²) in [5, 5.41) is 4.10. The van der Waals surface area contributed by atoms with E-state index < -0.39 is 0 Å². The first-order chi connectivity index (χ1) is 10.2. The van der Waals surface area contributed by atoms with Crippen molar-refractivity contribution in [1.82, 2.24) is 10.2 Å². The fourth-order valence-electron chi connectivity index (χ4n) is 2.84. The molecule has 1 aromatic carbocycles. The molecule has 0 atom stereocenters. The van der Waals surface area contributed by atoms with Crippen LogP contribution < -0.4 is 5.32 Å². The van der Waals surface area contributed by atoms with Crippen molar-refractivity contribution in [3.05, 3.63) is 34.9 Å². The Morgan fingerprint density at radius 2 is 1.91 bits per heavy atom. The molecule has 1 aliphatic rings. The quantitative estimate of drug-likeness (QED) is 0.848. The topological polar surface area (TPSA) is 32.3 Å². The summed E-state index contributed by atoms with van der Waals surface area (Å²) in [5.41, 5.74) is 1.14. The molecule has 1 amide bonds. The highest BCUT2D eigenvalue weighted by atomic mass is 35.5. The monoisotopic (exact) mass is 344 g/mol. The van der Waals surface area contributed by atoms with Crippen molar-refractivity contribution in [3.63, 3.8) is 0 Å². The molecule has 124 valence electrons. The summed E-state index contributed by atoms with van der Waals surface area (Å²) in [6.07, 6.45) is 4.11. The Morgan fingerprint density at radius 1 is 1.27 bits per heavy atom. The standard InChI is InChI=1S/C17H25ClN2O.ClH/c1-2-20(13-15-3-6-16(18)7-4-15)17(21)8-5-14-9-11-19-12-10-14;/h3-4,6-7,14,19H,2,5,8-13H2,1H3;1H. The van der Waals surface area contributed by atoms with Crippen molar-refractivity contribution in [2.45, 2.75) is 39.2 Å². The second-order valence-electron chi connectivity index (χ2n) is 5.77. The van der Waals surface area contributed by atoms with Crippen molar-refractivity contribution in [2.24, 2.45) is 5.92 Å². The Balaban J connectivity index is 0.00000242. The van der Waals surface area contributed by atoms with E-state index in [9.17, 15) is 4.79 Å². The number of carbonyl (C=O) groups is 1. The lowest BCUT2D eigenvalue weighted by molar-refractivity contribution is -0.132. The predicted octanol–water partition coefficient (Wildman–Crippen LogP) is 3.89. The van der Waals surface area contributed by atoms with Gasteiger partial charge in [0.1, 0.15) is 0 Å². The number of amides is 1. The number of halogens is 2. The summed E-state index contributed by atoms with van der Waals surface area (Å²) < 4.78 is 0. The zero-order chi connectivity index (χ0) is 15.1. The highest BCUT2D eigenvalue weighted by Crippen LogP contribution is 2.19. The van der Waals surface area contributed by atoms with Gasteiger partial charge >= 0.3 is 0 Å². The molecule has 1 saturated heterocycles. The van der Waals surface area contributed by atoms with Gasteiger partial charge in [-0.15, -0.1) is 12.4 Å². The molecule has 1 aromatic rings. The van der Waals surface area contributed by atoms with Gasteiger partial charge in [0.2, 0.25) is 5.91 Å². The normalized spacial score (nSPS) is 15.2.